The number of likely N-dealkylation sites (N-methyl/N-ethyl adjacent to an activating group) is 1. The molecule has 2 aromatic carbocycles. The van der Waals surface area contributed by atoms with Crippen molar-refractivity contribution < 1.29 is 9.72 Å². The number of rotatable bonds is 8. The molecule has 0 saturated carbocycles. The lowest BCUT2D eigenvalue weighted by Crippen LogP contribution is -2.33. The number of carbonyl (C=O) groups is 1. The SMILES string of the molecule is CN(CCNC(=O)CSc1ccc([N+](=O)[O-])cc1)c1ccccc1. The molecule has 0 aliphatic heterocycles. The zero-order valence-corrected chi connectivity index (χ0v) is 14.2. The summed E-state index contributed by atoms with van der Waals surface area (Å²) in [5, 5.41) is 13.5. The number of amides is 1. The Morgan fingerprint density at radius 3 is 2.46 bits per heavy atom. The zero-order valence-electron chi connectivity index (χ0n) is 13.3. The van der Waals surface area contributed by atoms with Crippen molar-refractivity contribution in [2.24, 2.45) is 0 Å². The predicted octanol–water partition coefficient (Wildman–Crippen LogP) is 2.94. The van der Waals surface area contributed by atoms with E-state index in [0.29, 0.717) is 6.54 Å². The number of nitrogens with zero attached hydrogens (tertiary/aromatic N) is 2. The number of hydrogen-bond donors (Lipinski definition) is 1. The maximum atomic E-state index is 11.9. The molecule has 0 bridgehead atoms. The van der Waals surface area contributed by atoms with E-state index in [1.807, 2.05) is 37.4 Å². The third-order valence-corrected chi connectivity index (χ3v) is 4.40. The van der Waals surface area contributed by atoms with Gasteiger partial charge >= 0.3 is 0 Å². The average molecular weight is 345 g/mol. The highest BCUT2D eigenvalue weighted by atomic mass is 32.2. The lowest BCUT2D eigenvalue weighted by molar-refractivity contribution is -0.384. The number of non-ortho nitro benzene ring substituents is 1. The zero-order chi connectivity index (χ0) is 17.4. The molecule has 0 radical (unpaired) electrons. The first-order valence-electron chi connectivity index (χ1n) is 7.46. The molecule has 0 heterocycles. The van der Waals surface area contributed by atoms with Crippen LogP contribution in [0.4, 0.5) is 11.4 Å². The van der Waals surface area contributed by atoms with Gasteiger partial charge in [-0.25, -0.2) is 0 Å². The quantitative estimate of drug-likeness (QED) is 0.452. The van der Waals surface area contributed by atoms with Crippen LogP contribution in [0, 0.1) is 10.1 Å². The smallest absolute Gasteiger partial charge is 0.269 e. The van der Waals surface area contributed by atoms with Gasteiger partial charge in [0.2, 0.25) is 5.91 Å². The van der Waals surface area contributed by atoms with Crippen LogP contribution in [-0.2, 0) is 4.79 Å². The summed E-state index contributed by atoms with van der Waals surface area (Å²) in [5.41, 5.74) is 1.15. The van der Waals surface area contributed by atoms with Crippen molar-refractivity contribution in [3.05, 3.63) is 64.7 Å². The van der Waals surface area contributed by atoms with E-state index in [-0.39, 0.29) is 17.3 Å². The first-order valence-corrected chi connectivity index (χ1v) is 8.45. The van der Waals surface area contributed by atoms with Gasteiger partial charge < -0.3 is 10.2 Å². The number of thioether (sulfide) groups is 1. The summed E-state index contributed by atoms with van der Waals surface area (Å²) in [5.74, 6) is 0.229. The molecule has 0 unspecified atom stereocenters. The van der Waals surface area contributed by atoms with Crippen LogP contribution in [0.2, 0.25) is 0 Å². The standard InChI is InChI=1S/C17H19N3O3S/c1-19(14-5-3-2-4-6-14)12-11-18-17(21)13-24-16-9-7-15(8-10-16)20(22)23/h2-10H,11-13H2,1H3,(H,18,21). The van der Waals surface area contributed by atoms with Crippen molar-refractivity contribution >= 4 is 29.0 Å². The van der Waals surface area contributed by atoms with Crippen molar-refractivity contribution in [2.75, 3.05) is 30.8 Å². The van der Waals surface area contributed by atoms with E-state index < -0.39 is 4.92 Å². The number of nitro benzene ring substituents is 1. The maximum absolute atomic E-state index is 11.9. The largest absolute Gasteiger partial charge is 0.373 e. The lowest BCUT2D eigenvalue weighted by atomic mass is 10.3. The molecule has 0 atom stereocenters. The second-order valence-electron chi connectivity index (χ2n) is 5.15. The highest BCUT2D eigenvalue weighted by molar-refractivity contribution is 8.00. The van der Waals surface area contributed by atoms with Gasteiger partial charge in [0.05, 0.1) is 10.7 Å². The van der Waals surface area contributed by atoms with E-state index in [4.69, 9.17) is 0 Å². The van der Waals surface area contributed by atoms with Crippen LogP contribution >= 0.6 is 11.8 Å². The van der Waals surface area contributed by atoms with Gasteiger partial charge in [-0.2, -0.15) is 0 Å². The lowest BCUT2D eigenvalue weighted by Gasteiger charge is -2.19. The molecule has 0 aromatic heterocycles. The summed E-state index contributed by atoms with van der Waals surface area (Å²) in [4.78, 5) is 24.9. The molecule has 126 valence electrons. The second-order valence-corrected chi connectivity index (χ2v) is 6.20. The van der Waals surface area contributed by atoms with Crippen molar-refractivity contribution in [2.45, 2.75) is 4.90 Å². The van der Waals surface area contributed by atoms with Crippen LogP contribution in [0.5, 0.6) is 0 Å². The minimum Gasteiger partial charge on any atom is -0.373 e. The second kappa shape index (κ2) is 8.93. The van der Waals surface area contributed by atoms with Gasteiger partial charge in [-0.1, -0.05) is 18.2 Å². The summed E-state index contributed by atoms with van der Waals surface area (Å²) in [7, 11) is 1.98. The van der Waals surface area contributed by atoms with Gasteiger partial charge in [-0.15, -0.1) is 11.8 Å². The third-order valence-electron chi connectivity index (χ3n) is 3.38. The molecule has 2 rings (SSSR count). The Balaban J connectivity index is 1.69. The molecule has 1 amide bonds. The number of benzene rings is 2. The first-order chi connectivity index (χ1) is 11.6. The molecule has 1 N–H and O–H groups in total. The van der Waals surface area contributed by atoms with Crippen LogP contribution in [0.1, 0.15) is 0 Å². The Labute approximate surface area is 145 Å². The number of carbonyl (C=O) groups excluding carboxylic acids is 1. The fourth-order valence-electron chi connectivity index (χ4n) is 2.04. The normalized spacial score (nSPS) is 10.2. The first kappa shape index (κ1) is 17.8. The summed E-state index contributed by atoms with van der Waals surface area (Å²) in [6.07, 6.45) is 0. The highest BCUT2D eigenvalue weighted by Crippen LogP contribution is 2.21. The van der Waals surface area contributed by atoms with E-state index in [1.54, 1.807) is 12.1 Å². The molecule has 6 nitrogen and oxygen atoms in total. The number of hydrogen-bond acceptors (Lipinski definition) is 5. The molecule has 2 aromatic rings. The Morgan fingerprint density at radius 2 is 1.83 bits per heavy atom. The van der Waals surface area contributed by atoms with E-state index in [1.165, 1.54) is 23.9 Å². The van der Waals surface area contributed by atoms with Crippen molar-refractivity contribution in [3.8, 4) is 0 Å². The highest BCUT2D eigenvalue weighted by Gasteiger charge is 2.07. The molecule has 0 aliphatic rings. The van der Waals surface area contributed by atoms with E-state index in [9.17, 15) is 14.9 Å². The molecule has 24 heavy (non-hydrogen) atoms. The molecule has 0 saturated heterocycles. The van der Waals surface area contributed by atoms with Gasteiger partial charge in [0, 0.05) is 42.9 Å². The van der Waals surface area contributed by atoms with Gasteiger partial charge in [0.25, 0.3) is 5.69 Å². The topological polar surface area (TPSA) is 75.5 Å². The Bertz CT molecular complexity index is 677. The fraction of sp³-hybridized carbons (Fsp3) is 0.235. The van der Waals surface area contributed by atoms with Gasteiger partial charge in [0.1, 0.15) is 0 Å². The van der Waals surface area contributed by atoms with Gasteiger partial charge in [-0.05, 0) is 24.3 Å². The number of anilines is 1. The molecular formula is C17H19N3O3S. The average Bonchev–Trinajstić information content (AvgIpc) is 2.61. The molecule has 0 aliphatic carbocycles. The van der Waals surface area contributed by atoms with Crippen LogP contribution in [0.25, 0.3) is 0 Å². The Hall–Kier alpha value is -2.54. The minimum absolute atomic E-state index is 0.0488. The van der Waals surface area contributed by atoms with E-state index >= 15 is 0 Å². The summed E-state index contributed by atoms with van der Waals surface area (Å²) in [6, 6.07) is 16.1. The number of nitro groups is 1. The van der Waals surface area contributed by atoms with Crippen LogP contribution in [-0.4, -0.2) is 36.7 Å². The van der Waals surface area contributed by atoms with Crippen LogP contribution < -0.4 is 10.2 Å². The van der Waals surface area contributed by atoms with E-state index in [0.717, 1.165) is 17.1 Å². The predicted molar refractivity (Wildman–Crippen MR) is 96.5 cm³/mol. The molecule has 0 fully saturated rings. The maximum Gasteiger partial charge on any atom is 0.269 e. The fourth-order valence-corrected chi connectivity index (χ4v) is 2.77. The third kappa shape index (κ3) is 5.58. The van der Waals surface area contributed by atoms with Gasteiger partial charge in [-0.3, -0.25) is 14.9 Å². The Morgan fingerprint density at radius 1 is 1.17 bits per heavy atom. The summed E-state index contributed by atoms with van der Waals surface area (Å²) < 4.78 is 0. The van der Waals surface area contributed by atoms with E-state index in [2.05, 4.69) is 10.2 Å². The summed E-state index contributed by atoms with van der Waals surface area (Å²) >= 11 is 1.36. The van der Waals surface area contributed by atoms with Crippen LogP contribution in [0.15, 0.2) is 59.5 Å². The molecular weight excluding hydrogens is 326 g/mol. The molecule has 0 spiro atoms. The minimum atomic E-state index is -0.440. The van der Waals surface area contributed by atoms with Gasteiger partial charge in [0.15, 0.2) is 0 Å². The van der Waals surface area contributed by atoms with Crippen molar-refractivity contribution in [1.82, 2.24) is 5.32 Å². The van der Waals surface area contributed by atoms with Crippen molar-refractivity contribution in [3.63, 3.8) is 0 Å². The number of para-hydroxylation sites is 1. The Kier molecular flexibility index (Phi) is 6.62. The summed E-state index contributed by atoms with van der Waals surface area (Å²) in [6.45, 7) is 1.28. The van der Waals surface area contributed by atoms with Crippen LogP contribution in [0.3, 0.4) is 0 Å². The monoisotopic (exact) mass is 345 g/mol. The van der Waals surface area contributed by atoms with Crippen molar-refractivity contribution in [1.29, 1.82) is 0 Å². The molecule has 7 heteroatoms. The number of nitrogens with one attached hydrogen (secondary N) is 1.